The molecular formula is C19H18Cl2N2O3. The fraction of sp³-hybridized carbons (Fsp3) is 0.263. The molecule has 0 amide bonds. The molecule has 0 atom stereocenters. The van der Waals surface area contributed by atoms with E-state index in [0.717, 1.165) is 11.3 Å². The standard InChI is InChI=1S/C19H18Cl2N2O3/c1-4-25-19(24)14-9-13-16(22-14)15(18(21)23-17(13)20)11-5-7-12(8-6-11)26-10(2)3/h5-10,22H,4H2,1-3H3. The Bertz CT molecular complexity index is 950. The number of hydrogen-bond donors (Lipinski definition) is 1. The first-order valence-corrected chi connectivity index (χ1v) is 8.98. The average Bonchev–Trinajstić information content (AvgIpc) is 3.02. The van der Waals surface area contributed by atoms with Crippen molar-refractivity contribution in [1.82, 2.24) is 9.97 Å². The summed E-state index contributed by atoms with van der Waals surface area (Å²) in [7, 11) is 0. The van der Waals surface area contributed by atoms with Crippen LogP contribution in [0.4, 0.5) is 0 Å². The smallest absolute Gasteiger partial charge is 0.354 e. The predicted molar refractivity (Wildman–Crippen MR) is 103 cm³/mol. The molecule has 7 heteroatoms. The van der Waals surface area contributed by atoms with Gasteiger partial charge in [0.05, 0.1) is 18.2 Å². The summed E-state index contributed by atoms with van der Waals surface area (Å²) in [6, 6.07) is 9.12. The zero-order valence-corrected chi connectivity index (χ0v) is 16.1. The lowest BCUT2D eigenvalue weighted by Crippen LogP contribution is -2.05. The molecule has 5 nitrogen and oxygen atoms in total. The minimum atomic E-state index is -0.456. The number of benzene rings is 1. The number of carbonyl (C=O) groups is 1. The number of nitrogens with one attached hydrogen (secondary N) is 1. The molecule has 0 spiro atoms. The Hall–Kier alpha value is -2.24. The SMILES string of the molecule is CCOC(=O)c1cc2c(Cl)nc(Cl)c(-c3ccc(OC(C)C)cc3)c2[nH]1. The molecule has 0 bridgehead atoms. The first kappa shape index (κ1) is 18.5. The lowest BCUT2D eigenvalue weighted by Gasteiger charge is -2.11. The molecule has 2 heterocycles. The molecule has 26 heavy (non-hydrogen) atoms. The maximum absolute atomic E-state index is 12.0. The molecule has 1 aromatic carbocycles. The maximum Gasteiger partial charge on any atom is 0.354 e. The van der Waals surface area contributed by atoms with Crippen molar-refractivity contribution in [2.24, 2.45) is 0 Å². The summed E-state index contributed by atoms with van der Waals surface area (Å²) in [6.07, 6.45) is 0.0869. The van der Waals surface area contributed by atoms with E-state index in [1.54, 1.807) is 13.0 Å². The van der Waals surface area contributed by atoms with Crippen molar-refractivity contribution in [3.8, 4) is 16.9 Å². The summed E-state index contributed by atoms with van der Waals surface area (Å²) < 4.78 is 10.7. The second-order valence-corrected chi connectivity index (χ2v) is 6.67. The zero-order chi connectivity index (χ0) is 18.8. The van der Waals surface area contributed by atoms with E-state index < -0.39 is 5.97 Å². The van der Waals surface area contributed by atoms with E-state index >= 15 is 0 Å². The van der Waals surface area contributed by atoms with Crippen LogP contribution in [-0.4, -0.2) is 28.6 Å². The van der Waals surface area contributed by atoms with Gasteiger partial charge >= 0.3 is 5.97 Å². The van der Waals surface area contributed by atoms with Gasteiger partial charge in [0.2, 0.25) is 0 Å². The van der Waals surface area contributed by atoms with Crippen LogP contribution in [0.1, 0.15) is 31.3 Å². The summed E-state index contributed by atoms with van der Waals surface area (Å²) in [6.45, 7) is 5.96. The molecule has 0 radical (unpaired) electrons. The number of carbonyl (C=O) groups excluding carboxylic acids is 1. The van der Waals surface area contributed by atoms with Crippen molar-refractivity contribution in [3.63, 3.8) is 0 Å². The van der Waals surface area contributed by atoms with Crippen molar-refractivity contribution in [3.05, 3.63) is 46.3 Å². The van der Waals surface area contributed by atoms with Crippen LogP contribution in [0.5, 0.6) is 5.75 Å². The fourth-order valence-corrected chi connectivity index (χ4v) is 3.24. The van der Waals surface area contributed by atoms with Crippen molar-refractivity contribution in [1.29, 1.82) is 0 Å². The number of ether oxygens (including phenoxy) is 2. The van der Waals surface area contributed by atoms with Crippen LogP contribution in [0.2, 0.25) is 10.3 Å². The number of halogens is 2. The van der Waals surface area contributed by atoms with Crippen LogP contribution in [0.3, 0.4) is 0 Å². The van der Waals surface area contributed by atoms with Crippen LogP contribution in [0.15, 0.2) is 30.3 Å². The Morgan fingerprint density at radius 2 is 1.88 bits per heavy atom. The highest BCUT2D eigenvalue weighted by Gasteiger charge is 2.19. The van der Waals surface area contributed by atoms with Gasteiger partial charge in [-0.1, -0.05) is 35.3 Å². The third-order valence-electron chi connectivity index (χ3n) is 3.70. The Kier molecular flexibility index (Phi) is 5.39. The van der Waals surface area contributed by atoms with E-state index in [2.05, 4.69) is 9.97 Å². The summed E-state index contributed by atoms with van der Waals surface area (Å²) in [4.78, 5) is 19.3. The number of esters is 1. The molecule has 0 aliphatic heterocycles. The largest absolute Gasteiger partial charge is 0.491 e. The number of aromatic amines is 1. The fourth-order valence-electron chi connectivity index (χ4n) is 2.67. The van der Waals surface area contributed by atoms with Gasteiger partial charge in [-0.05, 0) is 44.5 Å². The molecule has 1 N–H and O–H groups in total. The molecular weight excluding hydrogens is 375 g/mol. The van der Waals surface area contributed by atoms with Crippen LogP contribution >= 0.6 is 23.2 Å². The van der Waals surface area contributed by atoms with Gasteiger partial charge in [-0.2, -0.15) is 0 Å². The summed E-state index contributed by atoms with van der Waals surface area (Å²) >= 11 is 12.6. The van der Waals surface area contributed by atoms with E-state index in [1.165, 1.54) is 0 Å². The van der Waals surface area contributed by atoms with Crippen molar-refractivity contribution < 1.29 is 14.3 Å². The highest BCUT2D eigenvalue weighted by Crippen LogP contribution is 2.37. The number of fused-ring (bicyclic) bond motifs is 1. The molecule has 0 fully saturated rings. The third kappa shape index (κ3) is 3.64. The molecule has 136 valence electrons. The topological polar surface area (TPSA) is 64.2 Å². The van der Waals surface area contributed by atoms with Gasteiger partial charge in [0.15, 0.2) is 0 Å². The normalized spacial score (nSPS) is 11.2. The van der Waals surface area contributed by atoms with Gasteiger partial charge < -0.3 is 14.5 Å². The quantitative estimate of drug-likeness (QED) is 0.459. The van der Waals surface area contributed by atoms with Gasteiger partial charge in [-0.25, -0.2) is 9.78 Å². The van der Waals surface area contributed by atoms with Gasteiger partial charge in [0, 0.05) is 10.9 Å². The van der Waals surface area contributed by atoms with Crippen LogP contribution < -0.4 is 4.74 Å². The van der Waals surface area contributed by atoms with Gasteiger partial charge in [0.25, 0.3) is 0 Å². The van der Waals surface area contributed by atoms with Gasteiger partial charge in [0.1, 0.15) is 21.7 Å². The second kappa shape index (κ2) is 7.56. The number of nitrogens with zero attached hydrogens (tertiary/aromatic N) is 1. The number of rotatable bonds is 5. The Morgan fingerprint density at radius 3 is 2.50 bits per heavy atom. The molecule has 3 aromatic rings. The monoisotopic (exact) mass is 392 g/mol. The molecule has 3 rings (SSSR count). The first-order valence-electron chi connectivity index (χ1n) is 8.22. The minimum absolute atomic E-state index is 0.0869. The molecule has 0 aliphatic rings. The summed E-state index contributed by atoms with van der Waals surface area (Å²) in [5.74, 6) is 0.305. The van der Waals surface area contributed by atoms with E-state index in [0.29, 0.717) is 22.2 Å². The second-order valence-electron chi connectivity index (χ2n) is 5.95. The number of H-pyrrole nitrogens is 1. The number of aromatic nitrogens is 2. The predicted octanol–water partition coefficient (Wildman–Crippen LogP) is 5.50. The molecule has 0 saturated heterocycles. The lowest BCUT2D eigenvalue weighted by atomic mass is 10.1. The molecule has 0 unspecified atom stereocenters. The van der Waals surface area contributed by atoms with Crippen molar-refractivity contribution >= 4 is 40.1 Å². The summed E-state index contributed by atoms with van der Waals surface area (Å²) in [5, 5.41) is 1.08. The number of hydrogen-bond acceptors (Lipinski definition) is 4. The van der Waals surface area contributed by atoms with Crippen LogP contribution in [0.25, 0.3) is 22.0 Å². The third-order valence-corrected chi connectivity index (χ3v) is 4.26. The van der Waals surface area contributed by atoms with E-state index in [4.69, 9.17) is 32.7 Å². The minimum Gasteiger partial charge on any atom is -0.491 e. The van der Waals surface area contributed by atoms with Gasteiger partial charge in [-0.15, -0.1) is 0 Å². The molecule has 0 saturated carbocycles. The highest BCUT2D eigenvalue weighted by molar-refractivity contribution is 6.38. The number of pyridine rings is 1. The first-order chi connectivity index (χ1) is 12.4. The van der Waals surface area contributed by atoms with Crippen molar-refractivity contribution in [2.75, 3.05) is 6.61 Å². The van der Waals surface area contributed by atoms with E-state index in [1.807, 2.05) is 38.1 Å². The Labute approximate surface area is 161 Å². The van der Waals surface area contributed by atoms with Crippen LogP contribution in [0, 0.1) is 0 Å². The van der Waals surface area contributed by atoms with Crippen molar-refractivity contribution in [2.45, 2.75) is 26.9 Å². The Balaban J connectivity index is 2.11. The van der Waals surface area contributed by atoms with Gasteiger partial charge in [-0.3, -0.25) is 0 Å². The van der Waals surface area contributed by atoms with E-state index in [-0.39, 0.29) is 23.0 Å². The summed E-state index contributed by atoms with van der Waals surface area (Å²) in [5.41, 5.74) is 2.43. The van der Waals surface area contributed by atoms with Crippen LogP contribution in [-0.2, 0) is 4.74 Å². The van der Waals surface area contributed by atoms with E-state index in [9.17, 15) is 4.79 Å². The Morgan fingerprint density at radius 1 is 1.19 bits per heavy atom. The maximum atomic E-state index is 12.0. The lowest BCUT2D eigenvalue weighted by molar-refractivity contribution is 0.0520. The highest BCUT2D eigenvalue weighted by atomic mass is 35.5. The molecule has 0 aliphatic carbocycles. The zero-order valence-electron chi connectivity index (χ0n) is 14.6. The molecule has 2 aromatic heterocycles. The average molecular weight is 393 g/mol.